The quantitative estimate of drug-likeness (QED) is 0.749. The van der Waals surface area contributed by atoms with Gasteiger partial charge < -0.3 is 9.80 Å². The highest BCUT2D eigenvalue weighted by atomic mass is 16.1. The molecule has 1 aliphatic heterocycles. The number of piperazine rings is 1. The summed E-state index contributed by atoms with van der Waals surface area (Å²) < 4.78 is 0. The Bertz CT molecular complexity index is 382. The van der Waals surface area contributed by atoms with Gasteiger partial charge in [0.1, 0.15) is 0 Å². The van der Waals surface area contributed by atoms with Crippen LogP contribution >= 0.6 is 0 Å². The molecule has 2 rings (SSSR count). The topological polar surface area (TPSA) is 23.6 Å². The summed E-state index contributed by atoms with van der Waals surface area (Å²) in [5.74, 6) is 0. The van der Waals surface area contributed by atoms with Gasteiger partial charge in [-0.05, 0) is 31.0 Å². The number of nitrogens with zero attached hydrogens (tertiary/aromatic N) is 2. The molecule has 0 unspecified atom stereocenters. The average molecular weight is 217 g/mol. The molecular weight excluding hydrogens is 200 g/mol. The van der Waals surface area contributed by atoms with Gasteiger partial charge in [-0.3, -0.25) is 4.79 Å². The van der Waals surface area contributed by atoms with Crippen molar-refractivity contribution in [1.82, 2.24) is 4.90 Å². The fourth-order valence-corrected chi connectivity index (χ4v) is 2.12. The zero-order chi connectivity index (χ0) is 11.5. The number of amides is 1. The van der Waals surface area contributed by atoms with Crippen LogP contribution in [-0.2, 0) is 4.79 Å². The third kappa shape index (κ3) is 2.03. The van der Waals surface area contributed by atoms with Crippen molar-refractivity contribution >= 4 is 12.1 Å². The molecule has 1 heterocycles. The van der Waals surface area contributed by atoms with Gasteiger partial charge in [-0.2, -0.15) is 0 Å². The molecule has 0 saturated carbocycles. The summed E-state index contributed by atoms with van der Waals surface area (Å²) >= 11 is 0. The summed E-state index contributed by atoms with van der Waals surface area (Å²) in [6.07, 6.45) is 1.96. The van der Waals surface area contributed by atoms with Crippen molar-refractivity contribution in [2.75, 3.05) is 31.1 Å². The molecule has 1 saturated heterocycles. The Morgan fingerprint density at radius 1 is 1.12 bits per heavy atom. The van der Waals surface area contributed by atoms with Gasteiger partial charge in [-0.15, -0.1) is 0 Å². The van der Waals surface area contributed by atoms with Crippen LogP contribution in [-0.4, -0.2) is 37.5 Å². The number of rotatable bonds is 2. The van der Waals surface area contributed by atoms with Crippen LogP contribution in [0.25, 0.3) is 0 Å². The molecule has 1 amide bonds. The van der Waals surface area contributed by atoms with Crippen LogP contribution in [0.3, 0.4) is 0 Å². The van der Waals surface area contributed by atoms with Gasteiger partial charge in [-0.25, -0.2) is 0 Å². The van der Waals surface area contributed by atoms with Crippen molar-refractivity contribution in [2.45, 2.75) is 13.8 Å². The summed E-state index contributed by atoms with van der Waals surface area (Å²) in [6, 6.07) is 6.38. The van der Waals surface area contributed by atoms with Crippen molar-refractivity contribution in [3.8, 4) is 0 Å². The van der Waals surface area contributed by atoms with E-state index in [4.69, 9.17) is 0 Å². The van der Waals surface area contributed by atoms with Crippen LogP contribution in [0.1, 0.15) is 11.1 Å². The number of aryl methyl sites for hydroxylation is 1. The summed E-state index contributed by atoms with van der Waals surface area (Å²) in [7, 11) is 0. The van der Waals surface area contributed by atoms with Crippen LogP contribution in [0.5, 0.6) is 0 Å². The molecule has 0 aliphatic carbocycles. The van der Waals surface area contributed by atoms with Gasteiger partial charge >= 0.3 is 6.41 Å². The third-order valence-corrected chi connectivity index (χ3v) is 3.33. The van der Waals surface area contributed by atoms with Crippen molar-refractivity contribution in [3.05, 3.63) is 29.3 Å². The van der Waals surface area contributed by atoms with Crippen LogP contribution in [0.4, 0.5) is 5.69 Å². The minimum absolute atomic E-state index is 0.775. The first-order valence-electron chi connectivity index (χ1n) is 5.66. The van der Waals surface area contributed by atoms with Crippen LogP contribution in [0, 0.1) is 13.8 Å². The highest BCUT2D eigenvalue weighted by molar-refractivity contribution is 5.57. The Kier molecular flexibility index (Phi) is 3.13. The molecule has 1 aromatic rings. The fraction of sp³-hybridized carbons (Fsp3) is 0.462. The Labute approximate surface area is 96.7 Å². The van der Waals surface area contributed by atoms with Gasteiger partial charge in [0.25, 0.3) is 0 Å². The maximum Gasteiger partial charge on any atom is 0.312 e. The normalized spacial score (nSPS) is 16.4. The maximum atomic E-state index is 10.5. The third-order valence-electron chi connectivity index (χ3n) is 3.33. The maximum absolute atomic E-state index is 10.5. The zero-order valence-electron chi connectivity index (χ0n) is 9.86. The fourth-order valence-electron chi connectivity index (χ4n) is 2.12. The largest absolute Gasteiger partial charge is 0.368 e. The number of anilines is 1. The van der Waals surface area contributed by atoms with Crippen LogP contribution in [0.15, 0.2) is 18.2 Å². The van der Waals surface area contributed by atoms with E-state index in [2.05, 4.69) is 36.9 Å². The van der Waals surface area contributed by atoms with E-state index in [-0.39, 0.29) is 0 Å². The predicted octanol–water partition coefficient (Wildman–Crippen LogP) is 1.49. The standard InChI is InChI=1S/C13H17N2O/c1-11-4-3-5-13(12(11)2)15-8-6-14(10-16)7-9-15/h3-5H,6-9H2,1-2H3. The van der Waals surface area contributed by atoms with Crippen molar-refractivity contribution in [3.63, 3.8) is 0 Å². The average Bonchev–Trinajstić information content (AvgIpc) is 2.33. The molecule has 0 aromatic heterocycles. The molecule has 3 nitrogen and oxygen atoms in total. The molecule has 1 radical (unpaired) electrons. The molecule has 1 aromatic carbocycles. The minimum atomic E-state index is 0.775. The lowest BCUT2D eigenvalue weighted by Gasteiger charge is -2.34. The number of hydrogen-bond donors (Lipinski definition) is 0. The van der Waals surface area contributed by atoms with Crippen molar-refractivity contribution in [2.24, 2.45) is 0 Å². The van der Waals surface area contributed by atoms with E-state index in [0.717, 1.165) is 26.2 Å². The lowest BCUT2D eigenvalue weighted by molar-refractivity contribution is 0.356. The van der Waals surface area contributed by atoms with Crippen molar-refractivity contribution < 1.29 is 4.79 Å². The molecule has 16 heavy (non-hydrogen) atoms. The first kappa shape index (κ1) is 11.0. The van der Waals surface area contributed by atoms with E-state index in [1.807, 2.05) is 6.41 Å². The van der Waals surface area contributed by atoms with E-state index in [9.17, 15) is 4.79 Å². The summed E-state index contributed by atoms with van der Waals surface area (Å²) in [5.41, 5.74) is 3.96. The lowest BCUT2D eigenvalue weighted by Crippen LogP contribution is -2.45. The van der Waals surface area contributed by atoms with Gasteiger partial charge in [0.2, 0.25) is 0 Å². The van der Waals surface area contributed by atoms with E-state index in [0.29, 0.717) is 0 Å². The predicted molar refractivity (Wildman–Crippen MR) is 65.4 cm³/mol. The highest BCUT2D eigenvalue weighted by Gasteiger charge is 2.17. The Morgan fingerprint density at radius 2 is 1.81 bits per heavy atom. The van der Waals surface area contributed by atoms with E-state index < -0.39 is 0 Å². The first-order valence-corrected chi connectivity index (χ1v) is 5.66. The van der Waals surface area contributed by atoms with E-state index in [1.54, 1.807) is 4.90 Å². The van der Waals surface area contributed by atoms with E-state index in [1.165, 1.54) is 16.8 Å². The second-order valence-corrected chi connectivity index (χ2v) is 4.28. The molecule has 0 bridgehead atoms. The van der Waals surface area contributed by atoms with Crippen LogP contribution < -0.4 is 4.90 Å². The molecule has 1 fully saturated rings. The summed E-state index contributed by atoms with van der Waals surface area (Å²) in [4.78, 5) is 14.6. The van der Waals surface area contributed by atoms with Gasteiger partial charge in [0, 0.05) is 31.9 Å². The number of benzene rings is 1. The Hall–Kier alpha value is -1.51. The smallest absolute Gasteiger partial charge is 0.312 e. The minimum Gasteiger partial charge on any atom is -0.368 e. The van der Waals surface area contributed by atoms with E-state index >= 15 is 0 Å². The molecular formula is C13H17N2O. The van der Waals surface area contributed by atoms with Crippen molar-refractivity contribution in [1.29, 1.82) is 0 Å². The highest BCUT2D eigenvalue weighted by Crippen LogP contribution is 2.23. The number of hydrogen-bond acceptors (Lipinski definition) is 2. The molecule has 3 heteroatoms. The second kappa shape index (κ2) is 4.56. The summed E-state index contributed by atoms with van der Waals surface area (Å²) in [6.45, 7) is 7.64. The molecule has 0 atom stereocenters. The molecule has 0 N–H and O–H groups in total. The lowest BCUT2D eigenvalue weighted by atomic mass is 10.1. The molecule has 0 spiro atoms. The Morgan fingerprint density at radius 3 is 2.44 bits per heavy atom. The first-order chi connectivity index (χ1) is 7.72. The number of carbonyl (C=O) groups excluding carboxylic acids is 1. The van der Waals surface area contributed by atoms with Gasteiger partial charge in [0.15, 0.2) is 0 Å². The summed E-state index contributed by atoms with van der Waals surface area (Å²) in [5, 5.41) is 0. The molecule has 85 valence electrons. The van der Waals surface area contributed by atoms with Gasteiger partial charge in [0.05, 0.1) is 0 Å². The SMILES string of the molecule is Cc1cccc(N2CCN([C]=O)CC2)c1C. The zero-order valence-corrected chi connectivity index (χ0v) is 9.86. The molecule has 1 aliphatic rings. The van der Waals surface area contributed by atoms with Crippen LogP contribution in [0.2, 0.25) is 0 Å². The monoisotopic (exact) mass is 217 g/mol. The Balaban J connectivity index is 2.14. The van der Waals surface area contributed by atoms with Gasteiger partial charge in [-0.1, -0.05) is 12.1 Å². The second-order valence-electron chi connectivity index (χ2n) is 4.28.